The van der Waals surface area contributed by atoms with Gasteiger partial charge in [0, 0.05) is 0 Å². The predicted octanol–water partition coefficient (Wildman–Crippen LogP) is 0.239. The number of likely N-dealkylation sites (tertiary alicyclic amines) is 1. The largest absolute Gasteiger partial charge is 0.350 e. The number of sulfone groups is 1. The van der Waals surface area contributed by atoms with Crippen LogP contribution in [0.4, 0.5) is 0 Å². The van der Waals surface area contributed by atoms with Crippen molar-refractivity contribution in [1.82, 2.24) is 10.2 Å². The van der Waals surface area contributed by atoms with Gasteiger partial charge in [-0.25, -0.2) is 8.42 Å². The zero-order valence-corrected chi connectivity index (χ0v) is 12.7. The monoisotopic (exact) mass is 308 g/mol. The Kier molecular flexibility index (Phi) is 4.74. The first-order valence-corrected chi connectivity index (χ1v) is 8.98. The van der Waals surface area contributed by atoms with Crippen molar-refractivity contribution >= 4 is 27.3 Å². The standard InChI is InChI=1S/C12H21ClN2O3S/c1-9-2-4-15(5-3-9)6-12(16)14-11-8-19(17,18)7-10(11)13/h9-11H,2-8H2,1H3,(H,14,16)/t10-,11+/m0/s1. The topological polar surface area (TPSA) is 66.5 Å². The average molecular weight is 309 g/mol. The Morgan fingerprint density at radius 1 is 1.32 bits per heavy atom. The highest BCUT2D eigenvalue weighted by atomic mass is 35.5. The van der Waals surface area contributed by atoms with Crippen LogP contribution in [0.3, 0.4) is 0 Å². The third-order valence-electron chi connectivity index (χ3n) is 3.87. The van der Waals surface area contributed by atoms with E-state index in [1.807, 2.05) is 0 Å². The molecule has 0 aromatic heterocycles. The summed E-state index contributed by atoms with van der Waals surface area (Å²) >= 11 is 5.96. The van der Waals surface area contributed by atoms with E-state index in [-0.39, 0.29) is 17.4 Å². The molecule has 0 saturated carbocycles. The molecule has 0 aromatic carbocycles. The summed E-state index contributed by atoms with van der Waals surface area (Å²) < 4.78 is 22.8. The second-order valence-corrected chi connectivity index (χ2v) is 8.44. The molecule has 0 radical (unpaired) electrons. The third kappa shape index (κ3) is 4.33. The lowest BCUT2D eigenvalue weighted by atomic mass is 9.99. The maximum Gasteiger partial charge on any atom is 0.234 e. The van der Waals surface area contributed by atoms with Gasteiger partial charge in [-0.3, -0.25) is 9.69 Å². The van der Waals surface area contributed by atoms with Gasteiger partial charge >= 0.3 is 0 Å². The molecule has 0 unspecified atom stereocenters. The number of alkyl halides is 1. The maximum absolute atomic E-state index is 11.9. The van der Waals surface area contributed by atoms with Crippen molar-refractivity contribution in [2.24, 2.45) is 5.92 Å². The number of hydrogen-bond acceptors (Lipinski definition) is 4. The quantitative estimate of drug-likeness (QED) is 0.759. The first-order chi connectivity index (χ1) is 8.85. The van der Waals surface area contributed by atoms with Crippen LogP contribution < -0.4 is 5.32 Å². The van der Waals surface area contributed by atoms with Crippen molar-refractivity contribution in [3.8, 4) is 0 Å². The number of rotatable bonds is 3. The summed E-state index contributed by atoms with van der Waals surface area (Å²) in [7, 11) is -3.09. The molecule has 2 atom stereocenters. The Hall–Kier alpha value is -0.330. The van der Waals surface area contributed by atoms with E-state index in [0.717, 1.165) is 31.8 Å². The van der Waals surface area contributed by atoms with Crippen LogP contribution in [0, 0.1) is 5.92 Å². The van der Waals surface area contributed by atoms with E-state index in [1.165, 1.54) is 0 Å². The average Bonchev–Trinajstić information content (AvgIpc) is 2.55. The summed E-state index contributed by atoms with van der Waals surface area (Å²) in [6.45, 7) is 4.43. The molecule has 19 heavy (non-hydrogen) atoms. The summed E-state index contributed by atoms with van der Waals surface area (Å²) in [5.41, 5.74) is 0. The van der Waals surface area contributed by atoms with Crippen LogP contribution in [0.15, 0.2) is 0 Å². The van der Waals surface area contributed by atoms with Crippen molar-refractivity contribution in [1.29, 1.82) is 0 Å². The first-order valence-electron chi connectivity index (χ1n) is 6.72. The number of amides is 1. The highest BCUT2D eigenvalue weighted by Crippen LogP contribution is 2.18. The van der Waals surface area contributed by atoms with Gasteiger partial charge in [-0.05, 0) is 31.8 Å². The Labute approximate surface area is 119 Å². The lowest BCUT2D eigenvalue weighted by Gasteiger charge is -2.30. The number of carbonyl (C=O) groups excluding carboxylic acids is 1. The van der Waals surface area contributed by atoms with Gasteiger partial charge in [-0.2, -0.15) is 0 Å². The molecule has 5 nitrogen and oxygen atoms in total. The van der Waals surface area contributed by atoms with Crippen LogP contribution in [0.5, 0.6) is 0 Å². The number of hydrogen-bond donors (Lipinski definition) is 1. The van der Waals surface area contributed by atoms with Crippen LogP contribution in [0.25, 0.3) is 0 Å². The summed E-state index contributed by atoms with van der Waals surface area (Å²) in [6.07, 6.45) is 2.23. The smallest absolute Gasteiger partial charge is 0.234 e. The molecule has 0 aliphatic carbocycles. The first kappa shape index (κ1) is 15.1. The second-order valence-electron chi connectivity index (χ2n) is 5.73. The van der Waals surface area contributed by atoms with Gasteiger partial charge in [0.25, 0.3) is 0 Å². The molecule has 2 rings (SSSR count). The minimum atomic E-state index is -3.09. The van der Waals surface area contributed by atoms with Gasteiger partial charge in [-0.15, -0.1) is 11.6 Å². The number of piperidine rings is 1. The molecule has 0 aromatic rings. The number of halogens is 1. The summed E-state index contributed by atoms with van der Waals surface area (Å²) in [4.78, 5) is 14.0. The van der Waals surface area contributed by atoms with E-state index < -0.39 is 21.3 Å². The molecule has 7 heteroatoms. The molecule has 2 aliphatic rings. The molecule has 2 saturated heterocycles. The highest BCUT2D eigenvalue weighted by molar-refractivity contribution is 7.91. The third-order valence-corrected chi connectivity index (χ3v) is 6.25. The van der Waals surface area contributed by atoms with Gasteiger partial charge in [-0.1, -0.05) is 6.92 Å². The van der Waals surface area contributed by atoms with Crippen LogP contribution in [0.1, 0.15) is 19.8 Å². The van der Waals surface area contributed by atoms with Gasteiger partial charge in [0.2, 0.25) is 5.91 Å². The maximum atomic E-state index is 11.9. The molecular weight excluding hydrogens is 288 g/mol. The molecule has 2 aliphatic heterocycles. The summed E-state index contributed by atoms with van der Waals surface area (Å²) in [5.74, 6) is 0.527. The Bertz CT molecular complexity index is 432. The second kappa shape index (κ2) is 5.97. The van der Waals surface area contributed by atoms with Crippen molar-refractivity contribution < 1.29 is 13.2 Å². The molecule has 1 amide bonds. The van der Waals surface area contributed by atoms with Crippen LogP contribution >= 0.6 is 11.6 Å². The van der Waals surface area contributed by atoms with Crippen molar-refractivity contribution in [2.45, 2.75) is 31.2 Å². The van der Waals surface area contributed by atoms with Gasteiger partial charge in [0.05, 0.1) is 29.5 Å². The fraction of sp³-hybridized carbons (Fsp3) is 0.917. The fourth-order valence-corrected chi connectivity index (χ4v) is 5.16. The van der Waals surface area contributed by atoms with E-state index in [2.05, 4.69) is 17.1 Å². The molecule has 0 bridgehead atoms. The molecule has 2 heterocycles. The van der Waals surface area contributed by atoms with E-state index in [4.69, 9.17) is 11.6 Å². The molecule has 0 spiro atoms. The summed E-state index contributed by atoms with van der Waals surface area (Å²) in [5, 5.41) is 2.25. The molecule has 1 N–H and O–H groups in total. The Balaban J connectivity index is 1.79. The van der Waals surface area contributed by atoms with E-state index in [9.17, 15) is 13.2 Å². The predicted molar refractivity (Wildman–Crippen MR) is 75.1 cm³/mol. The van der Waals surface area contributed by atoms with Crippen LogP contribution in [-0.2, 0) is 14.6 Å². The van der Waals surface area contributed by atoms with Gasteiger partial charge in [0.15, 0.2) is 9.84 Å². The van der Waals surface area contributed by atoms with E-state index >= 15 is 0 Å². The highest BCUT2D eigenvalue weighted by Gasteiger charge is 2.37. The van der Waals surface area contributed by atoms with Crippen molar-refractivity contribution in [3.05, 3.63) is 0 Å². The van der Waals surface area contributed by atoms with E-state index in [1.54, 1.807) is 0 Å². The van der Waals surface area contributed by atoms with Crippen LogP contribution in [0.2, 0.25) is 0 Å². The fourth-order valence-electron chi connectivity index (χ4n) is 2.61. The molecule has 110 valence electrons. The lowest BCUT2D eigenvalue weighted by molar-refractivity contribution is -0.123. The normalized spacial score (nSPS) is 32.3. The Morgan fingerprint density at radius 3 is 2.47 bits per heavy atom. The lowest BCUT2D eigenvalue weighted by Crippen LogP contribution is -2.47. The Morgan fingerprint density at radius 2 is 1.95 bits per heavy atom. The van der Waals surface area contributed by atoms with E-state index in [0.29, 0.717) is 6.54 Å². The van der Waals surface area contributed by atoms with Crippen molar-refractivity contribution in [3.63, 3.8) is 0 Å². The van der Waals surface area contributed by atoms with Gasteiger partial charge < -0.3 is 5.32 Å². The summed E-state index contributed by atoms with van der Waals surface area (Å²) in [6, 6.07) is -0.442. The number of carbonyl (C=O) groups is 1. The van der Waals surface area contributed by atoms with Gasteiger partial charge in [0.1, 0.15) is 0 Å². The zero-order valence-electron chi connectivity index (χ0n) is 11.1. The van der Waals surface area contributed by atoms with Crippen LogP contribution in [-0.4, -0.2) is 61.8 Å². The molecular formula is C12H21ClN2O3S. The van der Waals surface area contributed by atoms with Crippen molar-refractivity contribution in [2.75, 3.05) is 31.1 Å². The minimum Gasteiger partial charge on any atom is -0.350 e. The number of nitrogens with one attached hydrogen (secondary N) is 1. The molecule has 2 fully saturated rings. The minimum absolute atomic E-state index is 0.0378. The zero-order chi connectivity index (χ0) is 14.0. The number of nitrogens with zero attached hydrogens (tertiary/aromatic N) is 1. The SMILES string of the molecule is CC1CCN(CC(=O)N[C@@H]2CS(=O)(=O)C[C@@H]2Cl)CC1.